The Hall–Kier alpha value is -2.60. The molecule has 1 N–H and O–H groups in total. The van der Waals surface area contributed by atoms with Crippen LogP contribution >= 0.6 is 11.8 Å². The summed E-state index contributed by atoms with van der Waals surface area (Å²) in [6.45, 7) is 1.94. The molecular formula is C19H15FN2O2S. The minimum atomic E-state index is -0.296. The van der Waals surface area contributed by atoms with Gasteiger partial charge < -0.3 is 9.40 Å². The van der Waals surface area contributed by atoms with Gasteiger partial charge in [-0.1, -0.05) is 30.3 Å². The summed E-state index contributed by atoms with van der Waals surface area (Å²) >= 11 is 1.52. The minimum Gasteiger partial charge on any atom is -0.449 e. The summed E-state index contributed by atoms with van der Waals surface area (Å²) < 4.78 is 19.5. The van der Waals surface area contributed by atoms with E-state index in [4.69, 9.17) is 4.42 Å². The lowest BCUT2D eigenvalue weighted by molar-refractivity contribution is 0.611. The maximum atomic E-state index is 13.9. The molecule has 0 amide bonds. The van der Waals surface area contributed by atoms with Gasteiger partial charge in [-0.2, -0.15) is 0 Å². The molecule has 2 aromatic heterocycles. The lowest BCUT2D eigenvalue weighted by Gasteiger charge is -2.12. The number of hydrogen-bond donors (Lipinski definition) is 1. The summed E-state index contributed by atoms with van der Waals surface area (Å²) in [6.07, 6.45) is 0. The third-order valence-corrected chi connectivity index (χ3v) is 5.29. The van der Waals surface area contributed by atoms with Crippen LogP contribution < -0.4 is 5.56 Å². The van der Waals surface area contributed by atoms with Crippen molar-refractivity contribution in [2.75, 3.05) is 0 Å². The quantitative estimate of drug-likeness (QED) is 0.572. The molecule has 0 spiro atoms. The maximum absolute atomic E-state index is 13.9. The second kappa shape index (κ2) is 6.37. The highest BCUT2D eigenvalue weighted by molar-refractivity contribution is 7.98. The average Bonchev–Trinajstić information content (AvgIpc) is 3.00. The Labute approximate surface area is 147 Å². The Morgan fingerprint density at radius 1 is 1.20 bits per heavy atom. The van der Waals surface area contributed by atoms with E-state index in [0.29, 0.717) is 28.2 Å². The number of fused-ring (bicyclic) bond motifs is 3. The number of halogens is 1. The van der Waals surface area contributed by atoms with Crippen molar-refractivity contribution in [3.05, 3.63) is 76.1 Å². The number of thioether (sulfide) groups is 1. The second-order valence-electron chi connectivity index (χ2n) is 5.76. The van der Waals surface area contributed by atoms with Gasteiger partial charge in [0.2, 0.25) is 5.58 Å². The molecule has 0 fully saturated rings. The Bertz CT molecular complexity index is 1120. The van der Waals surface area contributed by atoms with E-state index in [1.807, 2.05) is 37.3 Å². The molecule has 1 atom stereocenters. The van der Waals surface area contributed by atoms with Crippen molar-refractivity contribution in [3.63, 3.8) is 0 Å². The monoisotopic (exact) mass is 354 g/mol. The van der Waals surface area contributed by atoms with Crippen molar-refractivity contribution in [2.45, 2.75) is 17.9 Å². The highest BCUT2D eigenvalue weighted by Gasteiger charge is 2.15. The summed E-state index contributed by atoms with van der Waals surface area (Å²) in [5.74, 6) is 0.803. The van der Waals surface area contributed by atoms with Gasteiger partial charge in [-0.05, 0) is 25.1 Å². The van der Waals surface area contributed by atoms with E-state index in [0.717, 1.165) is 5.39 Å². The SMILES string of the molecule is C[C@@H](SCc1nc2c(oc3ccccc32)c(=O)[nH]1)c1ccccc1F. The molecule has 0 radical (unpaired) electrons. The van der Waals surface area contributed by atoms with Gasteiger partial charge in [0.15, 0.2) is 0 Å². The van der Waals surface area contributed by atoms with Crippen LogP contribution in [0.25, 0.3) is 22.1 Å². The van der Waals surface area contributed by atoms with E-state index in [-0.39, 0.29) is 22.2 Å². The number of nitrogens with zero attached hydrogens (tertiary/aromatic N) is 1. The molecule has 0 aliphatic carbocycles. The third-order valence-electron chi connectivity index (χ3n) is 4.09. The van der Waals surface area contributed by atoms with Crippen molar-refractivity contribution >= 4 is 33.8 Å². The molecular weight excluding hydrogens is 339 g/mol. The zero-order chi connectivity index (χ0) is 17.4. The standard InChI is InChI=1S/C19H15FN2O2S/c1-11(12-6-2-4-8-14(12)20)25-10-16-21-17-13-7-3-5-9-15(13)24-18(17)19(23)22-16/h2-9,11H,10H2,1H3,(H,21,22,23)/t11-/m1/s1. The second-order valence-corrected chi connectivity index (χ2v) is 7.09. The molecule has 2 aromatic carbocycles. The van der Waals surface area contributed by atoms with Gasteiger partial charge in [0.1, 0.15) is 22.7 Å². The van der Waals surface area contributed by atoms with Crippen LogP contribution in [0.1, 0.15) is 23.6 Å². The van der Waals surface area contributed by atoms with Crippen molar-refractivity contribution in [1.82, 2.24) is 9.97 Å². The van der Waals surface area contributed by atoms with Gasteiger partial charge in [-0.15, -0.1) is 11.8 Å². The van der Waals surface area contributed by atoms with Crippen LogP contribution in [0.5, 0.6) is 0 Å². The summed E-state index contributed by atoms with van der Waals surface area (Å²) in [6, 6.07) is 14.1. The van der Waals surface area contributed by atoms with Crippen molar-refractivity contribution in [3.8, 4) is 0 Å². The maximum Gasteiger partial charge on any atom is 0.294 e. The van der Waals surface area contributed by atoms with Crippen LogP contribution in [-0.4, -0.2) is 9.97 Å². The zero-order valence-corrected chi connectivity index (χ0v) is 14.3. The number of nitrogens with one attached hydrogen (secondary N) is 1. The Morgan fingerprint density at radius 2 is 1.96 bits per heavy atom. The molecule has 0 bridgehead atoms. The number of aromatic nitrogens is 2. The van der Waals surface area contributed by atoms with Gasteiger partial charge in [0.05, 0.1) is 5.75 Å². The highest BCUT2D eigenvalue weighted by Crippen LogP contribution is 2.32. The van der Waals surface area contributed by atoms with Crippen LogP contribution in [0.15, 0.2) is 57.7 Å². The summed E-state index contributed by atoms with van der Waals surface area (Å²) in [4.78, 5) is 19.6. The molecule has 2 heterocycles. The van der Waals surface area contributed by atoms with Crippen molar-refractivity contribution in [1.29, 1.82) is 0 Å². The molecule has 25 heavy (non-hydrogen) atoms. The average molecular weight is 354 g/mol. The highest BCUT2D eigenvalue weighted by atomic mass is 32.2. The fourth-order valence-electron chi connectivity index (χ4n) is 2.81. The van der Waals surface area contributed by atoms with Crippen LogP contribution in [0.3, 0.4) is 0 Å². The number of furan rings is 1. The van der Waals surface area contributed by atoms with E-state index >= 15 is 0 Å². The molecule has 4 aromatic rings. The molecule has 6 heteroatoms. The first-order valence-electron chi connectivity index (χ1n) is 7.90. The number of benzene rings is 2. The predicted molar refractivity (Wildman–Crippen MR) is 98.2 cm³/mol. The van der Waals surface area contributed by atoms with Crippen LogP contribution in [0, 0.1) is 5.82 Å². The molecule has 0 unspecified atom stereocenters. The Kier molecular flexibility index (Phi) is 4.05. The lowest BCUT2D eigenvalue weighted by atomic mass is 10.1. The van der Waals surface area contributed by atoms with E-state index < -0.39 is 0 Å². The molecule has 126 valence electrons. The minimum absolute atomic E-state index is 0.0525. The first kappa shape index (κ1) is 15.9. The molecule has 0 saturated carbocycles. The summed E-state index contributed by atoms with van der Waals surface area (Å²) in [5, 5.41) is 0.764. The lowest BCUT2D eigenvalue weighted by Crippen LogP contribution is -2.10. The fourth-order valence-corrected chi connectivity index (χ4v) is 3.73. The largest absolute Gasteiger partial charge is 0.449 e. The fraction of sp³-hybridized carbons (Fsp3) is 0.158. The first-order valence-corrected chi connectivity index (χ1v) is 8.95. The van der Waals surface area contributed by atoms with Crippen LogP contribution in [0.2, 0.25) is 0 Å². The van der Waals surface area contributed by atoms with E-state index in [9.17, 15) is 9.18 Å². The van der Waals surface area contributed by atoms with Crippen LogP contribution in [0.4, 0.5) is 4.39 Å². The molecule has 0 saturated heterocycles. The smallest absolute Gasteiger partial charge is 0.294 e. The Morgan fingerprint density at radius 3 is 2.80 bits per heavy atom. The summed E-state index contributed by atoms with van der Waals surface area (Å²) in [7, 11) is 0. The number of aromatic amines is 1. The van der Waals surface area contributed by atoms with Gasteiger partial charge >= 0.3 is 0 Å². The van der Waals surface area contributed by atoms with Crippen LogP contribution in [-0.2, 0) is 5.75 Å². The normalized spacial score (nSPS) is 12.7. The topological polar surface area (TPSA) is 58.9 Å². The number of hydrogen-bond acceptors (Lipinski definition) is 4. The predicted octanol–water partition coefficient (Wildman–Crippen LogP) is 4.80. The van der Waals surface area contributed by atoms with Crippen molar-refractivity contribution < 1.29 is 8.81 Å². The molecule has 4 nitrogen and oxygen atoms in total. The number of rotatable bonds is 4. The summed E-state index contributed by atoms with van der Waals surface area (Å²) in [5.41, 5.74) is 1.78. The van der Waals surface area contributed by atoms with E-state index in [1.165, 1.54) is 17.8 Å². The van der Waals surface area contributed by atoms with Gasteiger partial charge in [-0.3, -0.25) is 4.79 Å². The molecule has 0 aliphatic heterocycles. The van der Waals surface area contributed by atoms with E-state index in [2.05, 4.69) is 9.97 Å². The van der Waals surface area contributed by atoms with Gasteiger partial charge in [-0.25, -0.2) is 9.37 Å². The third kappa shape index (κ3) is 2.93. The Balaban J connectivity index is 1.65. The first-order chi connectivity index (χ1) is 12.1. The number of para-hydroxylation sites is 1. The number of H-pyrrole nitrogens is 1. The molecule has 0 aliphatic rings. The van der Waals surface area contributed by atoms with E-state index in [1.54, 1.807) is 12.1 Å². The van der Waals surface area contributed by atoms with Gasteiger partial charge in [0, 0.05) is 16.2 Å². The zero-order valence-electron chi connectivity index (χ0n) is 13.5. The van der Waals surface area contributed by atoms with Crippen molar-refractivity contribution in [2.24, 2.45) is 0 Å². The molecule has 4 rings (SSSR count). The van der Waals surface area contributed by atoms with Gasteiger partial charge in [0.25, 0.3) is 5.56 Å².